The molecule has 0 saturated carbocycles. The molecule has 110 valence electrons. The lowest BCUT2D eigenvalue weighted by Crippen LogP contribution is -2.10. The molecule has 3 rings (SSSR count). The van der Waals surface area contributed by atoms with E-state index in [1.54, 1.807) is 12.5 Å². The monoisotopic (exact) mass is 321 g/mol. The van der Waals surface area contributed by atoms with Gasteiger partial charge in [-0.25, -0.2) is 4.98 Å². The van der Waals surface area contributed by atoms with Crippen molar-refractivity contribution in [2.45, 2.75) is 18.8 Å². The minimum atomic E-state index is -0.856. The highest BCUT2D eigenvalue weighted by Crippen LogP contribution is 2.28. The zero-order chi connectivity index (χ0) is 15.0. The first kappa shape index (κ1) is 14.5. The van der Waals surface area contributed by atoms with Crippen molar-refractivity contribution < 1.29 is 4.21 Å². The Balaban J connectivity index is 2.30. The van der Waals surface area contributed by atoms with E-state index in [2.05, 4.69) is 14.5 Å². The third kappa shape index (κ3) is 2.68. The van der Waals surface area contributed by atoms with E-state index in [0.29, 0.717) is 12.3 Å². The lowest BCUT2D eigenvalue weighted by molar-refractivity contribution is 0.672. The highest BCUT2D eigenvalue weighted by atomic mass is 35.5. The topological polar surface area (TPSA) is 47.8 Å². The first-order valence-electron chi connectivity index (χ1n) is 6.76. The smallest absolute Gasteiger partial charge is 0.127 e. The molecule has 0 radical (unpaired) electrons. The van der Waals surface area contributed by atoms with Gasteiger partial charge in [-0.15, -0.1) is 11.6 Å². The molecule has 6 heteroatoms. The Morgan fingerprint density at radius 1 is 1.33 bits per heavy atom. The van der Waals surface area contributed by atoms with E-state index in [4.69, 9.17) is 11.6 Å². The molecule has 0 fully saturated rings. The number of aromatic nitrogens is 3. The molecule has 1 aromatic carbocycles. The van der Waals surface area contributed by atoms with E-state index >= 15 is 0 Å². The molecule has 2 unspecified atom stereocenters. The average molecular weight is 322 g/mol. The highest BCUT2D eigenvalue weighted by Gasteiger charge is 2.17. The minimum absolute atomic E-state index is 0.207. The zero-order valence-corrected chi connectivity index (χ0v) is 13.5. The number of hydrogen-bond donors (Lipinski definition) is 0. The molecule has 4 nitrogen and oxygen atoms in total. The van der Waals surface area contributed by atoms with Gasteiger partial charge in [0, 0.05) is 34.7 Å². The number of pyridine rings is 1. The highest BCUT2D eigenvalue weighted by molar-refractivity contribution is 7.84. The van der Waals surface area contributed by atoms with Crippen LogP contribution in [0.25, 0.3) is 21.9 Å². The maximum absolute atomic E-state index is 11.5. The Kier molecular flexibility index (Phi) is 3.95. The standard InChI is InChI=1S/C15H16ClN3OS/c1-10(16)15-18-13-9-17-12-6-4-3-5-11(12)14(13)19(15)7-8-21(2)20/h3-6,9-10H,7-8H2,1-2H3. The largest absolute Gasteiger partial charge is 0.325 e. The van der Waals surface area contributed by atoms with Gasteiger partial charge in [-0.3, -0.25) is 9.19 Å². The van der Waals surface area contributed by atoms with Gasteiger partial charge in [-0.1, -0.05) is 18.2 Å². The molecule has 2 aromatic heterocycles. The number of rotatable bonds is 4. The van der Waals surface area contributed by atoms with Crippen molar-refractivity contribution in [3.63, 3.8) is 0 Å². The Morgan fingerprint density at radius 2 is 2.10 bits per heavy atom. The minimum Gasteiger partial charge on any atom is -0.325 e. The maximum atomic E-state index is 11.5. The predicted octanol–water partition coefficient (Wildman–Crippen LogP) is 3.26. The molecule has 2 atom stereocenters. The molecular weight excluding hydrogens is 306 g/mol. The van der Waals surface area contributed by atoms with Crippen LogP contribution in [0.1, 0.15) is 18.1 Å². The van der Waals surface area contributed by atoms with Crippen molar-refractivity contribution in [1.29, 1.82) is 0 Å². The molecule has 0 amide bonds. The second kappa shape index (κ2) is 5.73. The van der Waals surface area contributed by atoms with Gasteiger partial charge >= 0.3 is 0 Å². The van der Waals surface area contributed by atoms with Crippen LogP contribution in [0.5, 0.6) is 0 Å². The van der Waals surface area contributed by atoms with Crippen molar-refractivity contribution in [3.8, 4) is 0 Å². The number of nitrogens with zero attached hydrogens (tertiary/aromatic N) is 3. The first-order chi connectivity index (χ1) is 10.1. The summed E-state index contributed by atoms with van der Waals surface area (Å²) in [5, 5.41) is 0.842. The molecule has 0 N–H and O–H groups in total. The number of aryl methyl sites for hydroxylation is 1. The summed E-state index contributed by atoms with van der Waals surface area (Å²) in [6.07, 6.45) is 3.49. The van der Waals surface area contributed by atoms with Crippen molar-refractivity contribution in [3.05, 3.63) is 36.3 Å². The van der Waals surface area contributed by atoms with Crippen LogP contribution >= 0.6 is 11.6 Å². The summed E-state index contributed by atoms with van der Waals surface area (Å²) >= 11 is 6.27. The molecule has 21 heavy (non-hydrogen) atoms. The average Bonchev–Trinajstić information content (AvgIpc) is 2.84. The van der Waals surface area contributed by atoms with Gasteiger partial charge in [0.05, 0.1) is 22.6 Å². The summed E-state index contributed by atoms with van der Waals surface area (Å²) in [5.74, 6) is 1.38. The summed E-state index contributed by atoms with van der Waals surface area (Å²) in [6, 6.07) is 7.97. The number of fused-ring (bicyclic) bond motifs is 3. The lowest BCUT2D eigenvalue weighted by Gasteiger charge is -2.10. The van der Waals surface area contributed by atoms with Crippen LogP contribution in [0.3, 0.4) is 0 Å². The van der Waals surface area contributed by atoms with Crippen molar-refractivity contribution in [1.82, 2.24) is 14.5 Å². The van der Waals surface area contributed by atoms with Crippen LogP contribution in [-0.4, -0.2) is 30.8 Å². The Hall–Kier alpha value is -1.46. The van der Waals surface area contributed by atoms with Gasteiger partial charge in [-0.05, 0) is 13.0 Å². The fourth-order valence-corrected chi connectivity index (χ4v) is 3.14. The van der Waals surface area contributed by atoms with Crippen molar-refractivity contribution >= 4 is 44.3 Å². The van der Waals surface area contributed by atoms with Crippen LogP contribution < -0.4 is 0 Å². The summed E-state index contributed by atoms with van der Waals surface area (Å²) in [6.45, 7) is 2.54. The SMILES string of the molecule is CC(Cl)c1nc2cnc3ccccc3c2n1CCS(C)=O. The number of benzene rings is 1. The molecule has 0 aliphatic carbocycles. The van der Waals surface area contributed by atoms with Gasteiger partial charge in [0.2, 0.25) is 0 Å². The molecule has 3 aromatic rings. The number of alkyl halides is 1. The maximum Gasteiger partial charge on any atom is 0.127 e. The van der Waals surface area contributed by atoms with Gasteiger partial charge in [-0.2, -0.15) is 0 Å². The van der Waals surface area contributed by atoms with E-state index in [0.717, 1.165) is 27.8 Å². The second-order valence-electron chi connectivity index (χ2n) is 5.02. The van der Waals surface area contributed by atoms with Gasteiger partial charge in [0.15, 0.2) is 0 Å². The predicted molar refractivity (Wildman–Crippen MR) is 88.2 cm³/mol. The number of halogens is 1. The summed E-state index contributed by atoms with van der Waals surface area (Å²) in [5.41, 5.74) is 2.78. The van der Waals surface area contributed by atoms with Gasteiger partial charge < -0.3 is 4.57 Å². The van der Waals surface area contributed by atoms with Gasteiger partial charge in [0.1, 0.15) is 11.3 Å². The van der Waals surface area contributed by atoms with Crippen LogP contribution in [0.4, 0.5) is 0 Å². The molecule has 0 aliphatic heterocycles. The summed E-state index contributed by atoms with van der Waals surface area (Å²) in [4.78, 5) is 9.05. The molecular formula is C15H16ClN3OS. The molecule has 0 saturated heterocycles. The van der Waals surface area contributed by atoms with E-state index in [1.807, 2.05) is 31.2 Å². The Labute approximate surface area is 130 Å². The summed E-state index contributed by atoms with van der Waals surface area (Å²) in [7, 11) is -0.856. The molecule has 0 aliphatic rings. The molecule has 2 heterocycles. The van der Waals surface area contributed by atoms with Crippen molar-refractivity contribution in [2.75, 3.05) is 12.0 Å². The van der Waals surface area contributed by atoms with E-state index < -0.39 is 10.8 Å². The van der Waals surface area contributed by atoms with Crippen LogP contribution in [0.2, 0.25) is 0 Å². The summed E-state index contributed by atoms with van der Waals surface area (Å²) < 4.78 is 13.5. The van der Waals surface area contributed by atoms with E-state index in [-0.39, 0.29) is 5.38 Å². The second-order valence-corrected chi connectivity index (χ2v) is 7.23. The van der Waals surface area contributed by atoms with Crippen LogP contribution in [-0.2, 0) is 17.3 Å². The quantitative estimate of drug-likeness (QED) is 0.693. The van der Waals surface area contributed by atoms with E-state index in [9.17, 15) is 4.21 Å². The third-order valence-corrected chi connectivity index (χ3v) is 4.42. The Morgan fingerprint density at radius 3 is 2.81 bits per heavy atom. The van der Waals surface area contributed by atoms with E-state index in [1.165, 1.54) is 0 Å². The fraction of sp³-hybridized carbons (Fsp3) is 0.333. The van der Waals surface area contributed by atoms with Crippen LogP contribution in [0, 0.1) is 0 Å². The molecule has 0 spiro atoms. The zero-order valence-electron chi connectivity index (χ0n) is 11.9. The van der Waals surface area contributed by atoms with Crippen molar-refractivity contribution in [2.24, 2.45) is 0 Å². The van der Waals surface area contributed by atoms with Crippen LogP contribution in [0.15, 0.2) is 30.5 Å². The van der Waals surface area contributed by atoms with Gasteiger partial charge in [0.25, 0.3) is 0 Å². The normalized spacial score (nSPS) is 14.6. The number of imidazole rings is 1. The lowest BCUT2D eigenvalue weighted by atomic mass is 10.2. The Bertz CT molecular complexity index is 828. The molecule has 0 bridgehead atoms. The number of para-hydroxylation sites is 1. The number of hydrogen-bond acceptors (Lipinski definition) is 3. The fourth-order valence-electron chi connectivity index (χ4n) is 2.53. The third-order valence-electron chi connectivity index (χ3n) is 3.47. The first-order valence-corrected chi connectivity index (χ1v) is 8.92.